The van der Waals surface area contributed by atoms with Gasteiger partial charge in [0.25, 0.3) is 0 Å². The molecule has 0 unspecified atom stereocenters. The number of rotatable bonds is 12. The van der Waals surface area contributed by atoms with Crippen molar-refractivity contribution in [3.8, 4) is 33.6 Å². The predicted molar refractivity (Wildman–Crippen MR) is 217 cm³/mol. The Balaban J connectivity index is 1.15. The third-order valence-electron chi connectivity index (χ3n) is 10.6. The van der Waals surface area contributed by atoms with Gasteiger partial charge in [0, 0.05) is 37.4 Å². The number of nitrogens with one attached hydrogen (secondary N) is 4. The Morgan fingerprint density at radius 2 is 1.37 bits per heavy atom. The summed E-state index contributed by atoms with van der Waals surface area (Å²) in [7, 11) is 4.14. The molecular weight excluding hydrogens is 772 g/mol. The predicted octanol–water partition coefficient (Wildman–Crippen LogP) is 6.21. The van der Waals surface area contributed by atoms with Crippen LogP contribution in [0.2, 0.25) is 5.15 Å². The van der Waals surface area contributed by atoms with Crippen LogP contribution >= 0.6 is 23.4 Å². The summed E-state index contributed by atoms with van der Waals surface area (Å²) in [4.78, 5) is 70.6. The van der Waals surface area contributed by atoms with Crippen LogP contribution in [0.1, 0.15) is 57.3 Å². The molecule has 6 atom stereocenters. The molecule has 6 rings (SSSR count). The van der Waals surface area contributed by atoms with E-state index >= 15 is 0 Å². The molecule has 0 aliphatic carbocycles. The van der Waals surface area contributed by atoms with Gasteiger partial charge < -0.3 is 44.6 Å². The zero-order chi connectivity index (χ0) is 41.0. The molecule has 2 aromatic carbocycles. The fraction of sp³-hybridized carbons (Fsp3) is 0.450. The highest BCUT2D eigenvalue weighted by Crippen LogP contribution is 2.38. The molecule has 4 aromatic rings. The Morgan fingerprint density at radius 3 is 1.96 bits per heavy atom. The highest BCUT2D eigenvalue weighted by molar-refractivity contribution is 7.99. The van der Waals surface area contributed by atoms with Crippen molar-refractivity contribution in [2.24, 2.45) is 5.92 Å². The molecule has 2 saturated heterocycles. The van der Waals surface area contributed by atoms with Gasteiger partial charge in [-0.15, -0.1) is 0 Å². The van der Waals surface area contributed by atoms with Crippen LogP contribution in [0.5, 0.6) is 0 Å². The number of methoxy groups -OCH3 is 3. The zero-order valence-corrected chi connectivity index (χ0v) is 34.6. The number of alkyl carbamates (subject to hydrolysis) is 2. The van der Waals surface area contributed by atoms with E-state index in [0.717, 1.165) is 34.4 Å². The van der Waals surface area contributed by atoms with E-state index in [2.05, 4.69) is 30.3 Å². The van der Waals surface area contributed by atoms with E-state index in [1.807, 2.05) is 68.6 Å². The second kappa shape index (κ2) is 18.0. The van der Waals surface area contributed by atoms with Crippen molar-refractivity contribution in [3.05, 3.63) is 71.5 Å². The summed E-state index contributed by atoms with van der Waals surface area (Å²) >= 11 is 8.44. The van der Waals surface area contributed by atoms with Crippen LogP contribution in [0.3, 0.4) is 0 Å². The van der Waals surface area contributed by atoms with Crippen molar-refractivity contribution in [3.63, 3.8) is 0 Å². The number of ether oxygens (including phenoxy) is 3. The number of H-pyrrole nitrogens is 2. The van der Waals surface area contributed by atoms with Gasteiger partial charge in [-0.1, -0.05) is 74.0 Å². The van der Waals surface area contributed by atoms with Crippen LogP contribution in [-0.2, 0) is 23.8 Å². The number of aromatic nitrogens is 4. The largest absolute Gasteiger partial charge is 0.453 e. The van der Waals surface area contributed by atoms with E-state index in [-0.39, 0.29) is 35.1 Å². The smallest absolute Gasteiger partial charge is 0.407 e. The number of halogens is 1. The highest BCUT2D eigenvalue weighted by atomic mass is 35.5. The summed E-state index contributed by atoms with van der Waals surface area (Å²) in [5, 5.41) is 5.84. The third kappa shape index (κ3) is 9.08. The Bertz CT molecular complexity index is 2060. The molecular formula is C40H49ClN8O7S. The van der Waals surface area contributed by atoms with Crippen molar-refractivity contribution in [1.82, 2.24) is 40.4 Å². The average molecular weight is 821 g/mol. The first kappa shape index (κ1) is 41.6. The monoisotopic (exact) mass is 820 g/mol. The molecule has 2 aliphatic heterocycles. The van der Waals surface area contributed by atoms with E-state index in [1.165, 1.54) is 14.2 Å². The number of imidazole rings is 2. The first-order chi connectivity index (χ1) is 27.3. The molecule has 0 spiro atoms. The number of aromatic amines is 2. The first-order valence-corrected chi connectivity index (χ1v) is 20.4. The molecule has 4 heterocycles. The van der Waals surface area contributed by atoms with Gasteiger partial charge in [-0.2, -0.15) is 11.8 Å². The van der Waals surface area contributed by atoms with E-state index < -0.39 is 30.3 Å². The first-order valence-electron chi connectivity index (χ1n) is 18.7. The van der Waals surface area contributed by atoms with Crippen LogP contribution in [0.15, 0.2) is 54.7 Å². The number of benzene rings is 2. The van der Waals surface area contributed by atoms with Gasteiger partial charge in [0.2, 0.25) is 11.8 Å². The minimum atomic E-state index is -0.792. The quantitative estimate of drug-likeness (QED) is 0.128. The summed E-state index contributed by atoms with van der Waals surface area (Å²) in [6.45, 7) is 6.27. The maximum Gasteiger partial charge on any atom is 0.407 e. The molecule has 15 nitrogen and oxygen atoms in total. The van der Waals surface area contributed by atoms with Crippen LogP contribution in [0.25, 0.3) is 33.6 Å². The highest BCUT2D eigenvalue weighted by Gasteiger charge is 2.42. The molecule has 304 valence electrons. The molecule has 2 fully saturated rings. The molecule has 0 bridgehead atoms. The number of carbonyl (C=O) groups excluding carboxylic acids is 4. The van der Waals surface area contributed by atoms with Crippen LogP contribution in [0.4, 0.5) is 9.59 Å². The lowest BCUT2D eigenvalue weighted by molar-refractivity contribution is -0.136. The Morgan fingerprint density at radius 1 is 0.789 bits per heavy atom. The SMILES string of the molecule is COC(=O)N[C@@H](C)C(=O)N1C[C@@H](SC)C[C@H]1c1ncc(-c2ccc(-c3ccc(-c4nc([C@@H]5C[C@H](OC)CN5C(=O)[C@@H](NC(=O)OC)C(C)C)[nH]c4Cl)cc3)cc2)[nH]1. The van der Waals surface area contributed by atoms with Crippen LogP contribution in [0, 0.1) is 5.92 Å². The van der Waals surface area contributed by atoms with E-state index in [4.69, 9.17) is 26.1 Å². The summed E-state index contributed by atoms with van der Waals surface area (Å²) in [6, 6.07) is 13.8. The lowest BCUT2D eigenvalue weighted by Crippen LogP contribution is -2.51. The van der Waals surface area contributed by atoms with Gasteiger partial charge in [0.1, 0.15) is 34.6 Å². The number of hydrogen-bond donors (Lipinski definition) is 4. The lowest BCUT2D eigenvalue weighted by atomic mass is 10.0. The number of thioether (sulfide) groups is 1. The molecule has 4 N–H and O–H groups in total. The summed E-state index contributed by atoms with van der Waals surface area (Å²) in [5.41, 5.74) is 5.14. The second-order valence-corrected chi connectivity index (χ2v) is 16.1. The number of hydrogen-bond acceptors (Lipinski definition) is 10. The number of likely N-dealkylation sites (tertiary alicyclic amines) is 2. The second-order valence-electron chi connectivity index (χ2n) is 14.5. The minimum absolute atomic E-state index is 0.184. The molecule has 2 aliphatic rings. The zero-order valence-electron chi connectivity index (χ0n) is 33.0. The van der Waals surface area contributed by atoms with E-state index in [9.17, 15) is 19.2 Å². The maximum absolute atomic E-state index is 13.8. The maximum atomic E-state index is 13.8. The minimum Gasteiger partial charge on any atom is -0.453 e. The number of nitrogens with zero attached hydrogens (tertiary/aromatic N) is 4. The van der Waals surface area contributed by atoms with Gasteiger partial charge in [-0.3, -0.25) is 9.59 Å². The third-order valence-corrected chi connectivity index (χ3v) is 11.9. The van der Waals surface area contributed by atoms with Crippen molar-refractivity contribution in [1.29, 1.82) is 0 Å². The molecule has 2 aromatic heterocycles. The summed E-state index contributed by atoms with van der Waals surface area (Å²) in [6.07, 6.45) is 3.52. The van der Waals surface area contributed by atoms with Crippen LogP contribution < -0.4 is 10.6 Å². The lowest BCUT2D eigenvalue weighted by Gasteiger charge is -2.29. The number of amides is 4. The van der Waals surface area contributed by atoms with Crippen molar-refractivity contribution < 1.29 is 33.4 Å². The van der Waals surface area contributed by atoms with Crippen LogP contribution in [-0.4, -0.2) is 118 Å². The standard InChI is InChI=1S/C40H49ClN8O7S/c1-21(2)32(46-40(53)56-6)38(51)48-19-27(54-4)16-30(48)36-45-33(34(41)47-36)26-14-10-24(11-15-26)23-8-12-25(13-9-23)29-18-42-35(44-29)31-17-28(57-7)20-49(31)37(50)22(3)43-39(52)55-5/h8-15,18,21-22,27-28,30-32H,16-17,19-20H2,1-7H3,(H,42,44)(H,43,52)(H,45,47)(H,46,53)/t22-,27-,28-,30-,31-,32-/m0/s1. The summed E-state index contributed by atoms with van der Waals surface area (Å²) in [5.74, 6) is 0.600. The molecule has 0 saturated carbocycles. The van der Waals surface area contributed by atoms with Gasteiger partial charge in [-0.05, 0) is 42.2 Å². The normalized spacial score (nSPS) is 20.4. The Labute approximate surface area is 341 Å². The van der Waals surface area contributed by atoms with Crippen molar-refractivity contribution in [2.45, 2.75) is 69.1 Å². The average Bonchev–Trinajstić information content (AvgIpc) is 4.04. The van der Waals surface area contributed by atoms with Crippen molar-refractivity contribution in [2.75, 3.05) is 40.7 Å². The van der Waals surface area contributed by atoms with E-state index in [1.54, 1.807) is 41.8 Å². The summed E-state index contributed by atoms with van der Waals surface area (Å²) < 4.78 is 15.1. The molecule has 17 heteroatoms. The number of carbonyl (C=O) groups is 4. The Kier molecular flexibility index (Phi) is 13.2. The van der Waals surface area contributed by atoms with Gasteiger partial charge in [0.15, 0.2) is 0 Å². The Hall–Kier alpha value is -5.06. The molecule has 4 amide bonds. The van der Waals surface area contributed by atoms with Gasteiger partial charge >= 0.3 is 12.2 Å². The van der Waals surface area contributed by atoms with Crippen molar-refractivity contribution >= 4 is 47.4 Å². The van der Waals surface area contributed by atoms with E-state index in [0.29, 0.717) is 42.0 Å². The fourth-order valence-corrected chi connectivity index (χ4v) is 8.33. The topological polar surface area (TPSA) is 184 Å². The fourth-order valence-electron chi connectivity index (χ4n) is 7.40. The molecule has 57 heavy (non-hydrogen) atoms. The van der Waals surface area contributed by atoms with Gasteiger partial charge in [-0.25, -0.2) is 19.6 Å². The molecule has 0 radical (unpaired) electrons. The van der Waals surface area contributed by atoms with Gasteiger partial charge in [0.05, 0.1) is 44.3 Å².